The molecule has 40 heavy (non-hydrogen) atoms. The summed E-state index contributed by atoms with van der Waals surface area (Å²) in [4.78, 5) is 33.4. The van der Waals surface area contributed by atoms with E-state index in [2.05, 4.69) is 4.98 Å². The Morgan fingerprint density at radius 1 is 0.875 bits per heavy atom. The van der Waals surface area contributed by atoms with Gasteiger partial charge in [0.1, 0.15) is 23.9 Å². The Morgan fingerprint density at radius 3 is 2.35 bits per heavy atom. The van der Waals surface area contributed by atoms with Gasteiger partial charge < -0.3 is 24.3 Å². The fraction of sp³-hybridized carbons (Fsp3) is 0.290. The number of nitrogens with zero attached hydrogens (tertiary/aromatic N) is 2. The molecule has 1 aromatic heterocycles. The number of aromatic nitrogens is 1. The van der Waals surface area contributed by atoms with Gasteiger partial charge in [-0.1, -0.05) is 36.4 Å². The normalized spacial score (nSPS) is 11.0. The highest BCUT2D eigenvalue weighted by Gasteiger charge is 2.24. The standard InChI is InChI=1S/C31H33F2N3O4/c1-39-15-7-13-36(31(38)24-16-25(32)18-26(33)17-24)21-30(37)35(20-23-8-3-6-11-29(23)40-2)14-12-22-19-34-28-10-5-4-9-27(22)28/h3-6,8-11,16-19,34H,7,12-15,20-21H2,1-2H3. The quantitative estimate of drug-likeness (QED) is 0.233. The molecule has 0 atom stereocenters. The number of fused-ring (bicyclic) bond motifs is 1. The molecule has 0 spiro atoms. The van der Waals surface area contributed by atoms with Gasteiger partial charge >= 0.3 is 0 Å². The predicted molar refractivity (Wildman–Crippen MR) is 149 cm³/mol. The first-order valence-electron chi connectivity index (χ1n) is 13.1. The first kappa shape index (κ1) is 28.8. The Hall–Kier alpha value is -4.24. The van der Waals surface area contributed by atoms with Crippen molar-refractivity contribution in [2.45, 2.75) is 19.4 Å². The van der Waals surface area contributed by atoms with Gasteiger partial charge in [0.15, 0.2) is 0 Å². The lowest BCUT2D eigenvalue weighted by atomic mass is 10.1. The summed E-state index contributed by atoms with van der Waals surface area (Å²) in [7, 11) is 3.12. The second kappa shape index (κ2) is 13.7. The molecule has 0 saturated heterocycles. The van der Waals surface area contributed by atoms with Crippen molar-refractivity contribution in [3.63, 3.8) is 0 Å². The molecule has 0 unspecified atom stereocenters. The summed E-state index contributed by atoms with van der Waals surface area (Å²) in [5, 5.41) is 1.08. The predicted octanol–water partition coefficient (Wildman–Crippen LogP) is 5.20. The van der Waals surface area contributed by atoms with E-state index in [4.69, 9.17) is 9.47 Å². The molecule has 1 N–H and O–H groups in total. The van der Waals surface area contributed by atoms with Gasteiger partial charge in [0.05, 0.1) is 7.11 Å². The van der Waals surface area contributed by atoms with Crippen LogP contribution in [-0.4, -0.2) is 67.1 Å². The zero-order chi connectivity index (χ0) is 28.5. The molecule has 0 fully saturated rings. The molecule has 210 valence electrons. The number of nitrogens with one attached hydrogen (secondary N) is 1. The maximum atomic E-state index is 13.9. The zero-order valence-electron chi connectivity index (χ0n) is 22.7. The Bertz CT molecular complexity index is 1440. The van der Waals surface area contributed by atoms with Crippen molar-refractivity contribution < 1.29 is 27.8 Å². The first-order valence-corrected chi connectivity index (χ1v) is 13.1. The summed E-state index contributed by atoms with van der Waals surface area (Å²) >= 11 is 0. The Labute approximate surface area is 232 Å². The van der Waals surface area contributed by atoms with E-state index in [1.165, 1.54) is 4.90 Å². The zero-order valence-corrected chi connectivity index (χ0v) is 22.7. The van der Waals surface area contributed by atoms with E-state index in [1.54, 1.807) is 19.1 Å². The van der Waals surface area contributed by atoms with Crippen LogP contribution in [0.15, 0.2) is 72.9 Å². The summed E-state index contributed by atoms with van der Waals surface area (Å²) in [6, 6.07) is 18.1. The highest BCUT2D eigenvalue weighted by atomic mass is 19.1. The van der Waals surface area contributed by atoms with Gasteiger partial charge in [0, 0.05) is 67.6 Å². The number of carbonyl (C=O) groups is 2. The molecule has 0 saturated carbocycles. The monoisotopic (exact) mass is 549 g/mol. The smallest absolute Gasteiger partial charge is 0.254 e. The van der Waals surface area contributed by atoms with E-state index in [-0.39, 0.29) is 31.1 Å². The van der Waals surface area contributed by atoms with Crippen LogP contribution in [0.25, 0.3) is 10.9 Å². The van der Waals surface area contributed by atoms with E-state index in [9.17, 15) is 18.4 Å². The van der Waals surface area contributed by atoms with Crippen LogP contribution in [0.3, 0.4) is 0 Å². The Kier molecular flexibility index (Phi) is 9.86. The molecule has 9 heteroatoms. The maximum Gasteiger partial charge on any atom is 0.254 e. The number of H-pyrrole nitrogens is 1. The van der Waals surface area contributed by atoms with Crippen molar-refractivity contribution in [1.29, 1.82) is 0 Å². The fourth-order valence-electron chi connectivity index (χ4n) is 4.70. The van der Waals surface area contributed by atoms with E-state index in [1.807, 2.05) is 54.7 Å². The van der Waals surface area contributed by atoms with Crippen LogP contribution in [0.2, 0.25) is 0 Å². The second-order valence-electron chi connectivity index (χ2n) is 9.47. The molecule has 0 aliphatic carbocycles. The molecule has 4 aromatic rings. The van der Waals surface area contributed by atoms with Crippen molar-refractivity contribution in [2.24, 2.45) is 0 Å². The van der Waals surface area contributed by atoms with E-state index in [0.717, 1.165) is 34.2 Å². The second-order valence-corrected chi connectivity index (χ2v) is 9.47. The van der Waals surface area contributed by atoms with Crippen molar-refractivity contribution in [3.05, 3.63) is 101 Å². The number of benzene rings is 3. The number of carbonyl (C=O) groups excluding carboxylic acids is 2. The largest absolute Gasteiger partial charge is 0.496 e. The Balaban J connectivity index is 1.58. The third-order valence-electron chi connectivity index (χ3n) is 6.73. The first-order chi connectivity index (χ1) is 19.4. The minimum absolute atomic E-state index is 0.155. The average Bonchev–Trinajstić information content (AvgIpc) is 3.37. The average molecular weight is 550 g/mol. The van der Waals surface area contributed by atoms with Crippen LogP contribution < -0.4 is 4.74 Å². The number of halogens is 2. The summed E-state index contributed by atoms with van der Waals surface area (Å²) in [6.45, 7) is 0.930. The summed E-state index contributed by atoms with van der Waals surface area (Å²) in [5.41, 5.74) is 2.74. The molecule has 2 amide bonds. The topological polar surface area (TPSA) is 74.9 Å². The molecular weight excluding hydrogens is 516 g/mol. The number of hydrogen-bond acceptors (Lipinski definition) is 4. The number of aromatic amines is 1. The maximum absolute atomic E-state index is 13.9. The lowest BCUT2D eigenvalue weighted by Gasteiger charge is -2.28. The van der Waals surface area contributed by atoms with E-state index >= 15 is 0 Å². The molecular formula is C31H33F2N3O4. The van der Waals surface area contributed by atoms with E-state index < -0.39 is 17.5 Å². The van der Waals surface area contributed by atoms with E-state index in [0.29, 0.717) is 37.8 Å². The number of ether oxygens (including phenoxy) is 2. The number of amides is 2. The van der Waals surface area contributed by atoms with Crippen molar-refractivity contribution in [2.75, 3.05) is 40.5 Å². The SMILES string of the molecule is COCCCN(CC(=O)N(CCc1c[nH]c2ccccc12)Cc1ccccc1OC)C(=O)c1cc(F)cc(F)c1. The minimum atomic E-state index is -0.858. The van der Waals surface area contributed by atoms with Gasteiger partial charge in [-0.25, -0.2) is 8.78 Å². The molecule has 0 bridgehead atoms. The third-order valence-corrected chi connectivity index (χ3v) is 6.73. The van der Waals surface area contributed by atoms with Gasteiger partial charge in [0.25, 0.3) is 5.91 Å². The van der Waals surface area contributed by atoms with Gasteiger partial charge in [0.2, 0.25) is 5.91 Å². The molecule has 3 aromatic carbocycles. The molecule has 0 aliphatic heterocycles. The van der Waals surface area contributed by atoms with Crippen LogP contribution in [0.4, 0.5) is 8.78 Å². The van der Waals surface area contributed by atoms with Crippen LogP contribution in [0.1, 0.15) is 27.9 Å². The third kappa shape index (κ3) is 7.24. The number of rotatable bonds is 13. The molecule has 4 rings (SSSR count). The van der Waals surface area contributed by atoms with Crippen LogP contribution in [0.5, 0.6) is 5.75 Å². The van der Waals surface area contributed by atoms with Crippen LogP contribution in [-0.2, 0) is 22.5 Å². The minimum Gasteiger partial charge on any atom is -0.496 e. The number of para-hydroxylation sites is 2. The lowest BCUT2D eigenvalue weighted by Crippen LogP contribution is -2.44. The highest BCUT2D eigenvalue weighted by molar-refractivity contribution is 5.96. The van der Waals surface area contributed by atoms with Gasteiger partial charge in [-0.2, -0.15) is 0 Å². The van der Waals surface area contributed by atoms with Gasteiger partial charge in [-0.15, -0.1) is 0 Å². The van der Waals surface area contributed by atoms with Crippen molar-refractivity contribution >= 4 is 22.7 Å². The molecule has 1 heterocycles. The number of methoxy groups -OCH3 is 2. The Morgan fingerprint density at radius 2 is 1.60 bits per heavy atom. The summed E-state index contributed by atoms with van der Waals surface area (Å²) < 4.78 is 38.4. The summed E-state index contributed by atoms with van der Waals surface area (Å²) in [6.07, 6.45) is 2.97. The van der Waals surface area contributed by atoms with Gasteiger partial charge in [-0.3, -0.25) is 9.59 Å². The molecule has 0 aliphatic rings. The van der Waals surface area contributed by atoms with Crippen LogP contribution in [0, 0.1) is 11.6 Å². The van der Waals surface area contributed by atoms with Crippen molar-refractivity contribution in [3.8, 4) is 5.75 Å². The lowest BCUT2D eigenvalue weighted by molar-refractivity contribution is -0.132. The highest BCUT2D eigenvalue weighted by Crippen LogP contribution is 2.22. The van der Waals surface area contributed by atoms with Crippen LogP contribution >= 0.6 is 0 Å². The number of hydrogen-bond donors (Lipinski definition) is 1. The molecule has 0 radical (unpaired) electrons. The summed E-state index contributed by atoms with van der Waals surface area (Å²) in [5.74, 6) is -1.99. The van der Waals surface area contributed by atoms with Gasteiger partial charge in [-0.05, 0) is 42.7 Å². The molecule has 7 nitrogen and oxygen atoms in total. The van der Waals surface area contributed by atoms with Crippen molar-refractivity contribution in [1.82, 2.24) is 14.8 Å². The fourth-order valence-corrected chi connectivity index (χ4v) is 4.70.